The van der Waals surface area contributed by atoms with Gasteiger partial charge in [0.15, 0.2) is 0 Å². The third-order valence-electron chi connectivity index (χ3n) is 2.34. The molecule has 0 aliphatic carbocycles. The zero-order chi connectivity index (χ0) is 15.1. The topological polar surface area (TPSA) is 64.6 Å². The van der Waals surface area contributed by atoms with E-state index in [2.05, 4.69) is 5.32 Å². The molecule has 1 atom stereocenters. The number of esters is 1. The fraction of sp³-hybridized carbons (Fsp3) is 0.857. The van der Waals surface area contributed by atoms with Crippen LogP contribution in [0.1, 0.15) is 54.4 Å². The summed E-state index contributed by atoms with van der Waals surface area (Å²) in [5.74, 6) is -0.462. The van der Waals surface area contributed by atoms with Crippen molar-refractivity contribution in [2.45, 2.75) is 66.0 Å². The fourth-order valence-corrected chi connectivity index (χ4v) is 1.34. The van der Waals surface area contributed by atoms with Crippen LogP contribution in [0.5, 0.6) is 0 Å². The number of hydrogen-bond acceptors (Lipinski definition) is 4. The first-order valence-electron chi connectivity index (χ1n) is 6.83. The normalized spacial score (nSPS) is 13.0. The Kier molecular flexibility index (Phi) is 7.49. The van der Waals surface area contributed by atoms with E-state index in [0.29, 0.717) is 6.61 Å². The van der Waals surface area contributed by atoms with E-state index >= 15 is 0 Å². The minimum Gasteiger partial charge on any atom is -0.464 e. The molecule has 1 amide bonds. The first-order valence-corrected chi connectivity index (χ1v) is 6.83. The van der Waals surface area contributed by atoms with E-state index in [1.165, 1.54) is 0 Å². The lowest BCUT2D eigenvalue weighted by Gasteiger charge is -2.24. The van der Waals surface area contributed by atoms with Crippen LogP contribution in [-0.4, -0.2) is 30.3 Å². The summed E-state index contributed by atoms with van der Waals surface area (Å²) in [5.41, 5.74) is -0.586. The average Bonchev–Trinajstić information content (AvgIpc) is 2.23. The smallest absolute Gasteiger partial charge is 0.408 e. The van der Waals surface area contributed by atoms with Gasteiger partial charge < -0.3 is 14.8 Å². The molecule has 0 radical (unpaired) electrons. The highest BCUT2D eigenvalue weighted by atomic mass is 16.6. The number of alkyl carbamates (subject to hydrolysis) is 1. The molecule has 0 aromatic carbocycles. The van der Waals surface area contributed by atoms with Crippen molar-refractivity contribution in [3.05, 3.63) is 0 Å². The summed E-state index contributed by atoms with van der Waals surface area (Å²) in [7, 11) is 0. The third-order valence-corrected chi connectivity index (χ3v) is 2.34. The highest BCUT2D eigenvalue weighted by molar-refractivity contribution is 5.81. The Bertz CT molecular complexity index is 294. The highest BCUT2D eigenvalue weighted by Crippen LogP contribution is 2.09. The summed E-state index contributed by atoms with van der Waals surface area (Å²) in [6, 6.07) is -0.674. The number of rotatable bonds is 6. The predicted molar refractivity (Wildman–Crippen MR) is 73.9 cm³/mol. The molecule has 0 unspecified atom stereocenters. The van der Waals surface area contributed by atoms with Crippen LogP contribution in [0.4, 0.5) is 4.79 Å². The number of hydrogen-bond donors (Lipinski definition) is 1. The lowest BCUT2D eigenvalue weighted by Crippen LogP contribution is -2.47. The molecular formula is C14H27NO4. The van der Waals surface area contributed by atoms with Gasteiger partial charge in [-0.3, -0.25) is 0 Å². The van der Waals surface area contributed by atoms with Crippen molar-refractivity contribution in [3.8, 4) is 0 Å². The van der Waals surface area contributed by atoms with Crippen molar-refractivity contribution >= 4 is 12.1 Å². The van der Waals surface area contributed by atoms with E-state index < -0.39 is 23.7 Å². The number of amides is 1. The number of carbonyl (C=O) groups is 2. The first kappa shape index (κ1) is 17.7. The molecule has 19 heavy (non-hydrogen) atoms. The maximum atomic E-state index is 11.9. The predicted octanol–water partition coefficient (Wildman–Crippen LogP) is 2.88. The van der Waals surface area contributed by atoms with Crippen molar-refractivity contribution in [1.29, 1.82) is 0 Å². The van der Waals surface area contributed by atoms with Crippen molar-refractivity contribution in [1.82, 2.24) is 5.32 Å². The minimum absolute atomic E-state index is 0.0540. The molecule has 0 fully saturated rings. The molecule has 0 spiro atoms. The Balaban J connectivity index is 4.40. The maximum Gasteiger partial charge on any atom is 0.408 e. The van der Waals surface area contributed by atoms with Gasteiger partial charge in [0.1, 0.15) is 11.6 Å². The van der Waals surface area contributed by atoms with Crippen LogP contribution >= 0.6 is 0 Å². The molecule has 112 valence electrons. The van der Waals surface area contributed by atoms with Crippen molar-refractivity contribution in [2.24, 2.45) is 5.92 Å². The second-order valence-electron chi connectivity index (χ2n) is 5.89. The Morgan fingerprint density at radius 1 is 1.21 bits per heavy atom. The van der Waals surface area contributed by atoms with E-state index in [1.54, 1.807) is 20.8 Å². The molecule has 0 saturated heterocycles. The van der Waals surface area contributed by atoms with Crippen LogP contribution in [0.25, 0.3) is 0 Å². The van der Waals surface area contributed by atoms with Crippen LogP contribution in [0, 0.1) is 5.92 Å². The Morgan fingerprint density at radius 2 is 1.79 bits per heavy atom. The minimum atomic E-state index is -0.674. The van der Waals surface area contributed by atoms with Gasteiger partial charge in [-0.2, -0.15) is 0 Å². The molecule has 0 saturated carbocycles. The van der Waals surface area contributed by atoms with E-state index in [1.807, 2.05) is 20.8 Å². The molecule has 0 bridgehead atoms. The summed E-state index contributed by atoms with van der Waals surface area (Å²) in [4.78, 5) is 23.5. The Hall–Kier alpha value is -1.26. The van der Waals surface area contributed by atoms with E-state index in [-0.39, 0.29) is 5.92 Å². The standard InChI is InChI=1S/C14H27NO4/c1-7-8-9-18-12(16)11(10(2)3)15-13(17)19-14(4,5)6/h10-11H,7-9H2,1-6H3,(H,15,17)/t11-/m1/s1. The zero-order valence-corrected chi connectivity index (χ0v) is 12.9. The van der Waals surface area contributed by atoms with Gasteiger partial charge in [-0.1, -0.05) is 27.2 Å². The van der Waals surface area contributed by atoms with Crippen LogP contribution in [0.2, 0.25) is 0 Å². The molecule has 0 aromatic heterocycles. The van der Waals surface area contributed by atoms with E-state index in [0.717, 1.165) is 12.8 Å². The SMILES string of the molecule is CCCCOC(=O)[C@H](NC(=O)OC(C)(C)C)C(C)C. The number of carbonyl (C=O) groups excluding carboxylic acids is 2. The largest absolute Gasteiger partial charge is 0.464 e. The Labute approximate surface area is 116 Å². The number of nitrogens with one attached hydrogen (secondary N) is 1. The summed E-state index contributed by atoms with van der Waals surface area (Å²) < 4.78 is 10.3. The Morgan fingerprint density at radius 3 is 2.21 bits per heavy atom. The van der Waals surface area contributed by atoms with Crippen molar-refractivity contribution in [2.75, 3.05) is 6.61 Å². The lowest BCUT2D eigenvalue weighted by molar-refractivity contribution is -0.147. The quantitative estimate of drug-likeness (QED) is 0.597. The molecule has 0 aliphatic rings. The van der Waals surface area contributed by atoms with E-state index in [9.17, 15) is 9.59 Å². The van der Waals surface area contributed by atoms with Crippen LogP contribution in [0.3, 0.4) is 0 Å². The number of ether oxygens (including phenoxy) is 2. The summed E-state index contributed by atoms with van der Waals surface area (Å²) in [6.45, 7) is 11.4. The van der Waals surface area contributed by atoms with E-state index in [4.69, 9.17) is 9.47 Å². The van der Waals surface area contributed by atoms with Crippen LogP contribution in [-0.2, 0) is 14.3 Å². The second kappa shape index (κ2) is 8.02. The molecule has 5 nitrogen and oxygen atoms in total. The van der Waals surface area contributed by atoms with Gasteiger partial charge in [-0.15, -0.1) is 0 Å². The third kappa shape index (κ3) is 8.46. The molecule has 0 aromatic rings. The van der Waals surface area contributed by atoms with Gasteiger partial charge in [-0.05, 0) is 33.1 Å². The van der Waals surface area contributed by atoms with Crippen molar-refractivity contribution < 1.29 is 19.1 Å². The fourth-order valence-electron chi connectivity index (χ4n) is 1.34. The molecule has 1 N–H and O–H groups in total. The highest BCUT2D eigenvalue weighted by Gasteiger charge is 2.27. The summed E-state index contributed by atoms with van der Waals surface area (Å²) >= 11 is 0. The van der Waals surface area contributed by atoms with Crippen molar-refractivity contribution in [3.63, 3.8) is 0 Å². The zero-order valence-electron chi connectivity index (χ0n) is 12.9. The molecule has 5 heteroatoms. The first-order chi connectivity index (χ1) is 8.67. The van der Waals surface area contributed by atoms with Crippen LogP contribution in [0.15, 0.2) is 0 Å². The van der Waals surface area contributed by atoms with Crippen LogP contribution < -0.4 is 5.32 Å². The van der Waals surface area contributed by atoms with Gasteiger partial charge >= 0.3 is 12.1 Å². The van der Waals surface area contributed by atoms with Gasteiger partial charge in [0.05, 0.1) is 6.61 Å². The molecule has 0 heterocycles. The lowest BCUT2D eigenvalue weighted by atomic mass is 10.1. The molecule has 0 rings (SSSR count). The van der Waals surface area contributed by atoms with Gasteiger partial charge in [0.25, 0.3) is 0 Å². The van der Waals surface area contributed by atoms with Gasteiger partial charge in [0.2, 0.25) is 0 Å². The monoisotopic (exact) mass is 273 g/mol. The molecular weight excluding hydrogens is 246 g/mol. The number of unbranched alkanes of at least 4 members (excludes halogenated alkanes) is 1. The van der Waals surface area contributed by atoms with Gasteiger partial charge in [0, 0.05) is 0 Å². The summed E-state index contributed by atoms with van der Waals surface area (Å²) in [6.07, 6.45) is 1.18. The summed E-state index contributed by atoms with van der Waals surface area (Å²) in [5, 5.41) is 2.56. The average molecular weight is 273 g/mol. The second-order valence-corrected chi connectivity index (χ2v) is 5.89. The van der Waals surface area contributed by atoms with Gasteiger partial charge in [-0.25, -0.2) is 9.59 Å². The maximum absolute atomic E-state index is 11.9. The molecule has 0 aliphatic heterocycles.